The van der Waals surface area contributed by atoms with Gasteiger partial charge in [-0.1, -0.05) is 0 Å². The van der Waals surface area contributed by atoms with Crippen LogP contribution in [0.15, 0.2) is 42.9 Å². The van der Waals surface area contributed by atoms with E-state index in [9.17, 15) is 9.59 Å². The van der Waals surface area contributed by atoms with E-state index in [1.165, 1.54) is 0 Å². The Hall–Kier alpha value is -3.09. The minimum atomic E-state index is 0.000155. The molecule has 0 atom stereocenters. The smallest absolute Gasteiger partial charge is 0.253 e. The molecular weight excluding hydrogens is 330 g/mol. The lowest BCUT2D eigenvalue weighted by molar-refractivity contribution is -0.130. The van der Waals surface area contributed by atoms with Gasteiger partial charge in [-0.15, -0.1) is 0 Å². The third-order valence-electron chi connectivity index (χ3n) is 4.81. The molecule has 4 rings (SSSR count). The number of carbonyl (C=O) groups excluding carboxylic acids is 2. The first-order valence-electron chi connectivity index (χ1n) is 8.83. The second-order valence-electron chi connectivity index (χ2n) is 6.53. The van der Waals surface area contributed by atoms with Crippen molar-refractivity contribution in [2.45, 2.75) is 12.8 Å². The van der Waals surface area contributed by atoms with Gasteiger partial charge in [0.2, 0.25) is 5.91 Å². The average Bonchev–Trinajstić information content (AvgIpc) is 3.27. The number of amides is 2. The first kappa shape index (κ1) is 16.4. The van der Waals surface area contributed by atoms with Gasteiger partial charge in [0.05, 0.1) is 23.8 Å². The van der Waals surface area contributed by atoms with Crippen molar-refractivity contribution >= 4 is 22.8 Å². The van der Waals surface area contributed by atoms with Gasteiger partial charge in [-0.3, -0.25) is 9.59 Å². The quantitative estimate of drug-likeness (QED) is 0.755. The van der Waals surface area contributed by atoms with Crippen molar-refractivity contribution in [1.29, 1.82) is 0 Å². The van der Waals surface area contributed by atoms with Crippen LogP contribution in [-0.2, 0) is 11.2 Å². The normalized spacial score (nSPS) is 15.2. The zero-order chi connectivity index (χ0) is 17.9. The molecule has 2 aromatic heterocycles. The fourth-order valence-corrected chi connectivity index (χ4v) is 3.37. The van der Waals surface area contributed by atoms with Crippen molar-refractivity contribution in [2.75, 3.05) is 26.2 Å². The van der Waals surface area contributed by atoms with E-state index in [-0.39, 0.29) is 11.8 Å². The summed E-state index contributed by atoms with van der Waals surface area (Å²) in [7, 11) is 0. The molecule has 0 aliphatic carbocycles. The molecule has 0 bridgehead atoms. The zero-order valence-corrected chi connectivity index (χ0v) is 14.4. The SMILES string of the molecule is O=C(Cc1ccc[nH]1)N1CCCN(C(=O)c2ccc3nc[nH]c3c2)CC1. The number of fused-ring (bicyclic) bond motifs is 1. The maximum atomic E-state index is 12.8. The van der Waals surface area contributed by atoms with Crippen LogP contribution in [0.2, 0.25) is 0 Å². The third-order valence-corrected chi connectivity index (χ3v) is 4.81. The van der Waals surface area contributed by atoms with Crippen LogP contribution in [-0.4, -0.2) is 62.7 Å². The van der Waals surface area contributed by atoms with Crippen molar-refractivity contribution in [3.63, 3.8) is 0 Å². The molecule has 3 heterocycles. The van der Waals surface area contributed by atoms with Crippen LogP contribution in [0.3, 0.4) is 0 Å². The molecule has 2 amide bonds. The fourth-order valence-electron chi connectivity index (χ4n) is 3.37. The third kappa shape index (κ3) is 3.33. The molecule has 26 heavy (non-hydrogen) atoms. The highest BCUT2D eigenvalue weighted by Crippen LogP contribution is 2.15. The Morgan fingerprint density at radius 3 is 2.73 bits per heavy atom. The Morgan fingerprint density at radius 2 is 1.88 bits per heavy atom. The fraction of sp³-hybridized carbons (Fsp3) is 0.316. The van der Waals surface area contributed by atoms with Crippen molar-refractivity contribution in [1.82, 2.24) is 24.8 Å². The highest BCUT2D eigenvalue weighted by molar-refractivity contribution is 5.97. The van der Waals surface area contributed by atoms with Gasteiger partial charge in [0, 0.05) is 43.6 Å². The number of aromatic amines is 2. The zero-order valence-electron chi connectivity index (χ0n) is 14.4. The summed E-state index contributed by atoms with van der Waals surface area (Å²) >= 11 is 0. The number of hydrogen-bond acceptors (Lipinski definition) is 3. The van der Waals surface area contributed by atoms with Gasteiger partial charge in [0.15, 0.2) is 0 Å². The molecule has 1 aliphatic heterocycles. The number of hydrogen-bond donors (Lipinski definition) is 2. The number of aromatic nitrogens is 3. The second kappa shape index (κ2) is 7.03. The minimum absolute atomic E-state index is 0.000155. The first-order chi connectivity index (χ1) is 12.7. The molecule has 0 radical (unpaired) electrons. The molecule has 2 N–H and O–H groups in total. The standard InChI is InChI=1S/C19H21N5O2/c25-18(12-15-3-1-6-20-15)23-7-2-8-24(10-9-23)19(26)14-4-5-16-17(11-14)22-13-21-16/h1,3-6,11,13,20H,2,7-10,12H2,(H,21,22). The highest BCUT2D eigenvalue weighted by Gasteiger charge is 2.23. The summed E-state index contributed by atoms with van der Waals surface area (Å²) in [5, 5.41) is 0. The summed E-state index contributed by atoms with van der Waals surface area (Å²) in [5.74, 6) is 0.0980. The van der Waals surface area contributed by atoms with Gasteiger partial charge in [0.25, 0.3) is 5.91 Å². The van der Waals surface area contributed by atoms with Crippen molar-refractivity contribution in [3.8, 4) is 0 Å². The Bertz CT molecular complexity index is 915. The summed E-state index contributed by atoms with van der Waals surface area (Å²) in [5.41, 5.74) is 3.26. The highest BCUT2D eigenvalue weighted by atomic mass is 16.2. The molecule has 1 aromatic carbocycles. The Balaban J connectivity index is 1.41. The van der Waals surface area contributed by atoms with E-state index in [2.05, 4.69) is 15.0 Å². The van der Waals surface area contributed by atoms with Gasteiger partial charge < -0.3 is 19.8 Å². The van der Waals surface area contributed by atoms with Crippen LogP contribution in [0.1, 0.15) is 22.5 Å². The predicted molar refractivity (Wildman–Crippen MR) is 97.7 cm³/mol. The van der Waals surface area contributed by atoms with Crippen LogP contribution in [0.5, 0.6) is 0 Å². The number of nitrogens with one attached hydrogen (secondary N) is 2. The van der Waals surface area contributed by atoms with Crippen LogP contribution < -0.4 is 0 Å². The lowest BCUT2D eigenvalue weighted by Crippen LogP contribution is -2.38. The second-order valence-corrected chi connectivity index (χ2v) is 6.53. The van der Waals surface area contributed by atoms with Gasteiger partial charge in [0.1, 0.15) is 0 Å². The minimum Gasteiger partial charge on any atom is -0.365 e. The summed E-state index contributed by atoms with van der Waals surface area (Å²) < 4.78 is 0. The van der Waals surface area contributed by atoms with Crippen LogP contribution in [0.25, 0.3) is 11.0 Å². The number of nitrogens with zero attached hydrogens (tertiary/aromatic N) is 3. The Morgan fingerprint density at radius 1 is 1.04 bits per heavy atom. The average molecular weight is 351 g/mol. The molecule has 0 unspecified atom stereocenters. The van der Waals surface area contributed by atoms with Crippen LogP contribution in [0.4, 0.5) is 0 Å². The molecule has 1 aliphatic rings. The van der Waals surface area contributed by atoms with Gasteiger partial charge in [-0.05, 0) is 36.8 Å². The molecule has 3 aromatic rings. The number of imidazole rings is 1. The van der Waals surface area contributed by atoms with Crippen molar-refractivity contribution in [3.05, 3.63) is 54.1 Å². The van der Waals surface area contributed by atoms with E-state index in [0.717, 1.165) is 23.1 Å². The predicted octanol–water partition coefficient (Wildman–Crippen LogP) is 1.81. The topological polar surface area (TPSA) is 85.1 Å². The van der Waals surface area contributed by atoms with Crippen molar-refractivity contribution in [2.24, 2.45) is 0 Å². The maximum Gasteiger partial charge on any atom is 0.253 e. The van der Waals surface area contributed by atoms with E-state index in [0.29, 0.717) is 38.2 Å². The maximum absolute atomic E-state index is 12.8. The lowest BCUT2D eigenvalue weighted by atomic mass is 10.1. The van der Waals surface area contributed by atoms with E-state index in [1.54, 1.807) is 6.33 Å². The largest absolute Gasteiger partial charge is 0.365 e. The molecular formula is C19H21N5O2. The monoisotopic (exact) mass is 351 g/mol. The number of benzene rings is 1. The molecule has 1 saturated heterocycles. The van der Waals surface area contributed by atoms with Gasteiger partial charge in [-0.2, -0.15) is 0 Å². The van der Waals surface area contributed by atoms with E-state index in [1.807, 2.05) is 46.3 Å². The van der Waals surface area contributed by atoms with E-state index < -0.39 is 0 Å². The number of H-pyrrole nitrogens is 2. The molecule has 134 valence electrons. The lowest BCUT2D eigenvalue weighted by Gasteiger charge is -2.22. The van der Waals surface area contributed by atoms with E-state index in [4.69, 9.17) is 0 Å². The van der Waals surface area contributed by atoms with Crippen LogP contribution >= 0.6 is 0 Å². The molecule has 1 fully saturated rings. The number of carbonyl (C=O) groups is 2. The number of rotatable bonds is 3. The summed E-state index contributed by atoms with van der Waals surface area (Å²) in [6.07, 6.45) is 4.60. The summed E-state index contributed by atoms with van der Waals surface area (Å²) in [6, 6.07) is 9.30. The van der Waals surface area contributed by atoms with Crippen molar-refractivity contribution < 1.29 is 9.59 Å². The molecule has 0 saturated carbocycles. The molecule has 7 nitrogen and oxygen atoms in total. The first-order valence-corrected chi connectivity index (χ1v) is 8.83. The van der Waals surface area contributed by atoms with Crippen LogP contribution in [0, 0.1) is 0 Å². The van der Waals surface area contributed by atoms with Gasteiger partial charge in [-0.25, -0.2) is 4.98 Å². The molecule has 0 spiro atoms. The van der Waals surface area contributed by atoms with E-state index >= 15 is 0 Å². The summed E-state index contributed by atoms with van der Waals surface area (Å²) in [4.78, 5) is 39.3. The Labute approximate surface area is 151 Å². The Kier molecular flexibility index (Phi) is 4.43. The molecule has 7 heteroatoms. The summed E-state index contributed by atoms with van der Waals surface area (Å²) in [6.45, 7) is 2.46. The van der Waals surface area contributed by atoms with Gasteiger partial charge >= 0.3 is 0 Å².